The Morgan fingerprint density at radius 2 is 1.60 bits per heavy atom. The lowest BCUT2D eigenvalue weighted by Gasteiger charge is -2.10. The summed E-state index contributed by atoms with van der Waals surface area (Å²) in [5.41, 5.74) is 7.95. The molecule has 1 heterocycles. The van der Waals surface area contributed by atoms with Crippen LogP contribution >= 0.6 is 0 Å². The third-order valence-corrected chi connectivity index (χ3v) is 3.57. The Hall–Kier alpha value is -2.39. The van der Waals surface area contributed by atoms with E-state index in [0.717, 1.165) is 21.9 Å². The van der Waals surface area contributed by atoms with Crippen molar-refractivity contribution >= 4 is 10.8 Å². The first-order valence-electron chi connectivity index (χ1n) is 6.64. The van der Waals surface area contributed by atoms with Gasteiger partial charge in [-0.3, -0.25) is 4.79 Å². The van der Waals surface area contributed by atoms with Crippen molar-refractivity contribution in [3.05, 3.63) is 82.3 Å². The number of aromatic nitrogens is 1. The van der Waals surface area contributed by atoms with Gasteiger partial charge in [0, 0.05) is 18.1 Å². The van der Waals surface area contributed by atoms with Crippen LogP contribution in [-0.2, 0) is 13.1 Å². The maximum Gasteiger partial charge on any atom is 0.258 e. The van der Waals surface area contributed by atoms with Crippen LogP contribution in [0, 0.1) is 0 Å². The summed E-state index contributed by atoms with van der Waals surface area (Å²) in [5.74, 6) is 0. The Labute approximate surface area is 117 Å². The smallest absolute Gasteiger partial charge is 0.258 e. The molecule has 0 amide bonds. The fourth-order valence-electron chi connectivity index (χ4n) is 2.45. The summed E-state index contributed by atoms with van der Waals surface area (Å²) in [5, 5.41) is 1.72. The quantitative estimate of drug-likeness (QED) is 0.790. The highest BCUT2D eigenvalue weighted by Crippen LogP contribution is 2.12. The lowest BCUT2D eigenvalue weighted by atomic mass is 10.1. The third kappa shape index (κ3) is 2.24. The Morgan fingerprint density at radius 3 is 2.40 bits per heavy atom. The van der Waals surface area contributed by atoms with Crippen LogP contribution in [0.1, 0.15) is 11.1 Å². The minimum absolute atomic E-state index is 0.0370. The topological polar surface area (TPSA) is 48.0 Å². The van der Waals surface area contributed by atoms with Gasteiger partial charge in [-0.25, -0.2) is 0 Å². The summed E-state index contributed by atoms with van der Waals surface area (Å²) in [6, 6.07) is 17.6. The van der Waals surface area contributed by atoms with Crippen molar-refractivity contribution in [2.75, 3.05) is 0 Å². The number of rotatable bonds is 3. The van der Waals surface area contributed by atoms with Gasteiger partial charge in [-0.15, -0.1) is 0 Å². The molecule has 2 aromatic carbocycles. The minimum atomic E-state index is 0.0370. The van der Waals surface area contributed by atoms with Gasteiger partial charge in [0.2, 0.25) is 0 Å². The molecular formula is C17H16N2O. The van der Waals surface area contributed by atoms with E-state index in [9.17, 15) is 4.79 Å². The van der Waals surface area contributed by atoms with E-state index < -0.39 is 0 Å². The molecule has 0 radical (unpaired) electrons. The fourth-order valence-corrected chi connectivity index (χ4v) is 2.45. The zero-order chi connectivity index (χ0) is 13.9. The van der Waals surface area contributed by atoms with E-state index in [1.54, 1.807) is 4.57 Å². The van der Waals surface area contributed by atoms with E-state index in [2.05, 4.69) is 0 Å². The molecule has 3 aromatic rings. The van der Waals surface area contributed by atoms with E-state index >= 15 is 0 Å². The molecule has 0 bridgehead atoms. The highest BCUT2D eigenvalue weighted by atomic mass is 16.1. The normalized spacial score (nSPS) is 10.8. The number of benzene rings is 2. The van der Waals surface area contributed by atoms with E-state index in [4.69, 9.17) is 5.73 Å². The molecule has 0 spiro atoms. The molecular weight excluding hydrogens is 248 g/mol. The molecule has 3 rings (SSSR count). The molecule has 0 aliphatic rings. The Kier molecular flexibility index (Phi) is 3.35. The zero-order valence-electron chi connectivity index (χ0n) is 11.1. The lowest BCUT2D eigenvalue weighted by Crippen LogP contribution is -2.20. The molecule has 0 fully saturated rings. The van der Waals surface area contributed by atoms with Gasteiger partial charge in [-0.2, -0.15) is 0 Å². The van der Waals surface area contributed by atoms with Crippen LogP contribution in [0.25, 0.3) is 10.8 Å². The van der Waals surface area contributed by atoms with Gasteiger partial charge >= 0.3 is 0 Å². The van der Waals surface area contributed by atoms with Crippen molar-refractivity contribution < 1.29 is 0 Å². The van der Waals surface area contributed by atoms with Crippen molar-refractivity contribution in [2.45, 2.75) is 13.1 Å². The molecule has 0 unspecified atom stereocenters. The highest BCUT2D eigenvalue weighted by molar-refractivity contribution is 5.81. The first kappa shape index (κ1) is 12.6. The van der Waals surface area contributed by atoms with Crippen molar-refractivity contribution in [3.8, 4) is 0 Å². The monoisotopic (exact) mass is 264 g/mol. The molecule has 3 nitrogen and oxygen atoms in total. The van der Waals surface area contributed by atoms with E-state index in [1.165, 1.54) is 0 Å². The standard InChI is InChI=1S/C17H16N2O/c18-11-14-6-1-2-7-15(14)12-19-10-9-13-5-3-4-8-16(13)17(19)20/h1-10H,11-12,18H2. The van der Waals surface area contributed by atoms with Crippen LogP contribution in [0.5, 0.6) is 0 Å². The molecule has 0 aliphatic heterocycles. The van der Waals surface area contributed by atoms with Crippen molar-refractivity contribution in [1.82, 2.24) is 4.57 Å². The predicted molar refractivity (Wildman–Crippen MR) is 81.6 cm³/mol. The molecule has 0 saturated heterocycles. The maximum absolute atomic E-state index is 12.5. The van der Waals surface area contributed by atoms with Gasteiger partial charge in [0.1, 0.15) is 0 Å². The summed E-state index contributed by atoms with van der Waals surface area (Å²) in [6.45, 7) is 1.04. The predicted octanol–water partition coefficient (Wildman–Crippen LogP) is 2.51. The van der Waals surface area contributed by atoms with Crippen molar-refractivity contribution in [3.63, 3.8) is 0 Å². The van der Waals surface area contributed by atoms with Crippen LogP contribution in [0.15, 0.2) is 65.6 Å². The van der Waals surface area contributed by atoms with E-state index in [-0.39, 0.29) is 5.56 Å². The summed E-state index contributed by atoms with van der Waals surface area (Å²) >= 11 is 0. The number of hydrogen-bond acceptors (Lipinski definition) is 2. The largest absolute Gasteiger partial charge is 0.326 e. The average Bonchev–Trinajstić information content (AvgIpc) is 2.51. The molecule has 0 atom stereocenters. The molecule has 2 N–H and O–H groups in total. The van der Waals surface area contributed by atoms with Gasteiger partial charge < -0.3 is 10.3 Å². The molecule has 0 aliphatic carbocycles. The molecule has 3 heteroatoms. The van der Waals surface area contributed by atoms with Crippen molar-refractivity contribution in [1.29, 1.82) is 0 Å². The molecule has 100 valence electrons. The minimum Gasteiger partial charge on any atom is -0.326 e. The second kappa shape index (κ2) is 5.31. The van der Waals surface area contributed by atoms with Crippen LogP contribution < -0.4 is 11.3 Å². The van der Waals surface area contributed by atoms with Gasteiger partial charge in [-0.1, -0.05) is 42.5 Å². The summed E-state index contributed by atoms with van der Waals surface area (Å²) in [4.78, 5) is 12.5. The second-order valence-electron chi connectivity index (χ2n) is 4.81. The van der Waals surface area contributed by atoms with E-state index in [1.807, 2.05) is 60.8 Å². The SMILES string of the molecule is NCc1ccccc1Cn1ccc2ccccc2c1=O. The summed E-state index contributed by atoms with van der Waals surface area (Å²) < 4.78 is 1.73. The van der Waals surface area contributed by atoms with Crippen molar-refractivity contribution in [2.24, 2.45) is 5.73 Å². The Balaban J connectivity index is 2.07. The van der Waals surface area contributed by atoms with Gasteiger partial charge in [0.15, 0.2) is 0 Å². The van der Waals surface area contributed by atoms with Gasteiger partial charge in [0.05, 0.1) is 6.54 Å². The number of nitrogens with two attached hydrogens (primary N) is 1. The van der Waals surface area contributed by atoms with E-state index in [0.29, 0.717) is 13.1 Å². The lowest BCUT2D eigenvalue weighted by molar-refractivity contribution is 0.758. The highest BCUT2D eigenvalue weighted by Gasteiger charge is 2.05. The first-order valence-corrected chi connectivity index (χ1v) is 6.64. The van der Waals surface area contributed by atoms with Crippen LogP contribution in [0.4, 0.5) is 0 Å². The summed E-state index contributed by atoms with van der Waals surface area (Å²) in [7, 11) is 0. The molecule has 20 heavy (non-hydrogen) atoms. The molecule has 0 saturated carbocycles. The van der Waals surface area contributed by atoms with Crippen LogP contribution in [0.2, 0.25) is 0 Å². The number of pyridine rings is 1. The number of hydrogen-bond donors (Lipinski definition) is 1. The third-order valence-electron chi connectivity index (χ3n) is 3.57. The van der Waals surface area contributed by atoms with Gasteiger partial charge in [-0.05, 0) is 28.6 Å². The molecule has 1 aromatic heterocycles. The number of fused-ring (bicyclic) bond motifs is 1. The fraction of sp³-hybridized carbons (Fsp3) is 0.118. The zero-order valence-corrected chi connectivity index (χ0v) is 11.1. The van der Waals surface area contributed by atoms with Crippen LogP contribution in [-0.4, -0.2) is 4.57 Å². The Morgan fingerprint density at radius 1 is 0.900 bits per heavy atom. The van der Waals surface area contributed by atoms with Gasteiger partial charge in [0.25, 0.3) is 5.56 Å². The maximum atomic E-state index is 12.5. The first-order chi connectivity index (χ1) is 9.79. The number of nitrogens with zero attached hydrogens (tertiary/aromatic N) is 1. The average molecular weight is 264 g/mol. The second-order valence-corrected chi connectivity index (χ2v) is 4.81. The van der Waals surface area contributed by atoms with Crippen LogP contribution in [0.3, 0.4) is 0 Å². The Bertz CT molecular complexity index is 805. The summed E-state index contributed by atoms with van der Waals surface area (Å²) in [6.07, 6.45) is 1.85.